The molecule has 1 aromatic carbocycles. The van der Waals surface area contributed by atoms with Crippen LogP contribution in [-0.4, -0.2) is 37.6 Å². The third-order valence-electron chi connectivity index (χ3n) is 5.32. The van der Waals surface area contributed by atoms with Crippen LogP contribution in [0.15, 0.2) is 58.3 Å². The van der Waals surface area contributed by atoms with Crippen molar-refractivity contribution in [3.8, 4) is 17.4 Å². The number of H-pyrrole nitrogens is 1. The van der Waals surface area contributed by atoms with Crippen molar-refractivity contribution in [3.63, 3.8) is 0 Å². The predicted molar refractivity (Wildman–Crippen MR) is 112 cm³/mol. The molecule has 1 aliphatic heterocycles. The Morgan fingerprint density at radius 3 is 2.60 bits per heavy atom. The molecule has 2 aromatic heterocycles. The lowest BCUT2D eigenvalue weighted by atomic mass is 10.0. The molecule has 2 N–H and O–H groups in total. The monoisotopic (exact) mass is 408 g/mol. The van der Waals surface area contributed by atoms with Gasteiger partial charge in [-0.25, -0.2) is 9.78 Å². The van der Waals surface area contributed by atoms with Gasteiger partial charge in [-0.15, -0.1) is 0 Å². The van der Waals surface area contributed by atoms with E-state index < -0.39 is 0 Å². The molecule has 1 fully saturated rings. The SMILES string of the molecule is Cc1cn(C2CCN(Cc3cccc(Oc4ccc(O)cc4)n3)CC2)c(=O)[nH]c1=O. The highest BCUT2D eigenvalue weighted by Gasteiger charge is 2.22. The number of aromatic nitrogens is 3. The summed E-state index contributed by atoms with van der Waals surface area (Å²) in [6.45, 7) is 4.07. The first-order valence-electron chi connectivity index (χ1n) is 9.95. The third kappa shape index (κ3) is 4.60. The summed E-state index contributed by atoms with van der Waals surface area (Å²) < 4.78 is 7.42. The number of nitrogens with one attached hydrogen (secondary N) is 1. The van der Waals surface area contributed by atoms with E-state index in [0.717, 1.165) is 31.6 Å². The van der Waals surface area contributed by atoms with E-state index in [-0.39, 0.29) is 23.0 Å². The minimum atomic E-state index is -0.343. The van der Waals surface area contributed by atoms with Gasteiger partial charge in [0.25, 0.3) is 5.56 Å². The fraction of sp³-hybridized carbons (Fsp3) is 0.318. The number of aromatic amines is 1. The van der Waals surface area contributed by atoms with Crippen molar-refractivity contribution in [1.29, 1.82) is 0 Å². The van der Waals surface area contributed by atoms with Crippen LogP contribution in [0.1, 0.15) is 30.1 Å². The summed E-state index contributed by atoms with van der Waals surface area (Å²) in [4.78, 5) is 33.0. The van der Waals surface area contributed by atoms with Gasteiger partial charge >= 0.3 is 5.69 Å². The van der Waals surface area contributed by atoms with Crippen molar-refractivity contribution in [2.75, 3.05) is 13.1 Å². The van der Waals surface area contributed by atoms with Gasteiger partial charge in [0.1, 0.15) is 11.5 Å². The highest BCUT2D eigenvalue weighted by molar-refractivity contribution is 5.33. The van der Waals surface area contributed by atoms with Gasteiger partial charge in [-0.05, 0) is 50.1 Å². The highest BCUT2D eigenvalue weighted by atomic mass is 16.5. The van der Waals surface area contributed by atoms with Crippen molar-refractivity contribution in [2.45, 2.75) is 32.4 Å². The van der Waals surface area contributed by atoms with Gasteiger partial charge in [-0.1, -0.05) is 6.07 Å². The van der Waals surface area contributed by atoms with Crippen molar-refractivity contribution in [2.24, 2.45) is 0 Å². The number of phenolic OH excluding ortho intramolecular Hbond substituents is 1. The van der Waals surface area contributed by atoms with E-state index in [0.29, 0.717) is 23.7 Å². The summed E-state index contributed by atoms with van der Waals surface area (Å²) in [6.07, 6.45) is 3.32. The lowest BCUT2D eigenvalue weighted by Crippen LogP contribution is -2.39. The summed E-state index contributed by atoms with van der Waals surface area (Å²) in [5.41, 5.74) is 0.785. The summed E-state index contributed by atoms with van der Waals surface area (Å²) in [6, 6.07) is 12.3. The average molecular weight is 408 g/mol. The van der Waals surface area contributed by atoms with Crippen LogP contribution in [0.5, 0.6) is 17.4 Å². The Labute approximate surface area is 173 Å². The lowest BCUT2D eigenvalue weighted by molar-refractivity contribution is 0.175. The number of pyridine rings is 1. The molecule has 156 valence electrons. The van der Waals surface area contributed by atoms with E-state index in [1.807, 2.05) is 12.1 Å². The van der Waals surface area contributed by atoms with Crippen LogP contribution in [0.3, 0.4) is 0 Å². The number of aryl methyl sites for hydroxylation is 1. The second-order valence-electron chi connectivity index (χ2n) is 7.55. The van der Waals surface area contributed by atoms with Gasteiger partial charge in [-0.3, -0.25) is 19.2 Å². The van der Waals surface area contributed by atoms with Gasteiger partial charge in [0.05, 0.1) is 5.69 Å². The van der Waals surface area contributed by atoms with Gasteiger partial charge < -0.3 is 9.84 Å². The Morgan fingerprint density at radius 1 is 1.13 bits per heavy atom. The molecule has 8 heteroatoms. The smallest absolute Gasteiger partial charge is 0.328 e. The molecular weight excluding hydrogens is 384 g/mol. The molecule has 1 saturated heterocycles. The Morgan fingerprint density at radius 2 is 1.87 bits per heavy atom. The van der Waals surface area contributed by atoms with Gasteiger partial charge in [0, 0.05) is 43.5 Å². The molecule has 0 bridgehead atoms. The maximum absolute atomic E-state index is 12.1. The largest absolute Gasteiger partial charge is 0.508 e. The number of piperidine rings is 1. The number of rotatable bonds is 5. The van der Waals surface area contributed by atoms with E-state index in [2.05, 4.69) is 14.9 Å². The normalized spacial score (nSPS) is 15.2. The van der Waals surface area contributed by atoms with E-state index in [1.165, 1.54) is 0 Å². The molecule has 0 amide bonds. The second kappa shape index (κ2) is 8.54. The Balaban J connectivity index is 1.37. The average Bonchev–Trinajstić information content (AvgIpc) is 2.73. The van der Waals surface area contributed by atoms with E-state index in [1.54, 1.807) is 48.0 Å². The fourth-order valence-corrected chi connectivity index (χ4v) is 3.68. The van der Waals surface area contributed by atoms with E-state index >= 15 is 0 Å². The predicted octanol–water partition coefficient (Wildman–Crippen LogP) is 2.58. The van der Waals surface area contributed by atoms with Crippen LogP contribution in [0.2, 0.25) is 0 Å². The molecule has 0 radical (unpaired) electrons. The number of aromatic hydroxyl groups is 1. The van der Waals surface area contributed by atoms with E-state index in [9.17, 15) is 14.7 Å². The molecule has 4 rings (SSSR count). The van der Waals surface area contributed by atoms with Crippen molar-refractivity contribution < 1.29 is 9.84 Å². The van der Waals surface area contributed by atoms with Crippen LogP contribution >= 0.6 is 0 Å². The summed E-state index contributed by atoms with van der Waals surface area (Å²) in [5.74, 6) is 1.30. The molecule has 0 spiro atoms. The molecule has 0 unspecified atom stereocenters. The van der Waals surface area contributed by atoms with Crippen molar-refractivity contribution >= 4 is 0 Å². The minimum Gasteiger partial charge on any atom is -0.508 e. The molecule has 0 aliphatic carbocycles. The van der Waals surface area contributed by atoms with Gasteiger partial charge in [-0.2, -0.15) is 0 Å². The van der Waals surface area contributed by atoms with Crippen LogP contribution in [0, 0.1) is 6.92 Å². The van der Waals surface area contributed by atoms with E-state index in [4.69, 9.17) is 4.74 Å². The molecule has 3 aromatic rings. The first-order valence-corrected chi connectivity index (χ1v) is 9.95. The number of hydrogen-bond donors (Lipinski definition) is 2. The van der Waals surface area contributed by atoms with Crippen LogP contribution in [0.25, 0.3) is 0 Å². The number of benzene rings is 1. The zero-order valence-electron chi connectivity index (χ0n) is 16.7. The lowest BCUT2D eigenvalue weighted by Gasteiger charge is -2.32. The molecular formula is C22H24N4O4. The highest BCUT2D eigenvalue weighted by Crippen LogP contribution is 2.24. The molecule has 0 saturated carbocycles. The fourth-order valence-electron chi connectivity index (χ4n) is 3.68. The maximum atomic E-state index is 12.1. The number of phenols is 1. The number of ether oxygens (including phenoxy) is 1. The first kappa shape index (κ1) is 19.9. The Bertz CT molecular complexity index is 1130. The molecule has 3 heterocycles. The number of likely N-dealkylation sites (tertiary alicyclic amines) is 1. The van der Waals surface area contributed by atoms with Crippen molar-refractivity contribution in [3.05, 3.63) is 80.8 Å². The number of nitrogens with zero attached hydrogens (tertiary/aromatic N) is 3. The topological polar surface area (TPSA) is 100 Å². The summed E-state index contributed by atoms with van der Waals surface area (Å²) in [7, 11) is 0. The van der Waals surface area contributed by atoms with Gasteiger partial charge in [0.15, 0.2) is 0 Å². The molecule has 8 nitrogen and oxygen atoms in total. The Hall–Kier alpha value is -3.39. The summed E-state index contributed by atoms with van der Waals surface area (Å²) in [5, 5.41) is 9.37. The molecule has 0 atom stereocenters. The second-order valence-corrected chi connectivity index (χ2v) is 7.55. The van der Waals surface area contributed by atoms with Crippen molar-refractivity contribution in [1.82, 2.24) is 19.4 Å². The Kier molecular flexibility index (Phi) is 5.67. The standard InChI is InChI=1S/C22H24N4O4/c1-15-13-26(22(29)24-21(15)28)17-9-11-25(12-10-17)14-16-3-2-4-20(23-16)30-19-7-5-18(27)6-8-19/h2-8,13,17,27H,9-12,14H2,1H3,(H,24,28,29). The van der Waals surface area contributed by atoms with Crippen LogP contribution in [0.4, 0.5) is 0 Å². The zero-order valence-corrected chi connectivity index (χ0v) is 16.7. The molecule has 1 aliphatic rings. The third-order valence-corrected chi connectivity index (χ3v) is 5.32. The van der Waals surface area contributed by atoms with Gasteiger partial charge in [0.2, 0.25) is 5.88 Å². The summed E-state index contributed by atoms with van der Waals surface area (Å²) >= 11 is 0. The maximum Gasteiger partial charge on any atom is 0.328 e. The quantitative estimate of drug-likeness (QED) is 0.673. The zero-order chi connectivity index (χ0) is 21.1. The number of hydrogen-bond acceptors (Lipinski definition) is 6. The van der Waals surface area contributed by atoms with Crippen LogP contribution < -0.4 is 16.0 Å². The first-order chi connectivity index (χ1) is 14.5. The minimum absolute atomic E-state index is 0.0847. The van der Waals surface area contributed by atoms with Crippen LogP contribution in [-0.2, 0) is 6.54 Å². The molecule has 30 heavy (non-hydrogen) atoms.